The molecule has 1 atom stereocenters. The summed E-state index contributed by atoms with van der Waals surface area (Å²) in [5.74, 6) is 0.830. The highest BCUT2D eigenvalue weighted by Crippen LogP contribution is 2.31. The molecule has 0 saturated heterocycles. The number of ether oxygens (including phenoxy) is 1. The lowest BCUT2D eigenvalue weighted by Crippen LogP contribution is -2.13. The average molecular weight is 355 g/mol. The fraction of sp³-hybridized carbons (Fsp3) is 0.250. The number of aryl methyl sites for hydroxylation is 1. The molecule has 2 rings (SSSR count). The zero-order valence-electron chi connectivity index (χ0n) is 11.5. The first-order valence-electron chi connectivity index (χ1n) is 6.46. The fourth-order valence-electron chi connectivity index (χ4n) is 2.15. The smallest absolute Gasteiger partial charge is 0.133 e. The number of nitrogens with two attached hydrogens (primary N) is 1. The molecule has 2 aromatic rings. The van der Waals surface area contributed by atoms with Crippen molar-refractivity contribution in [1.29, 1.82) is 0 Å². The second-order valence-corrected chi connectivity index (χ2v) is 5.89. The molecule has 0 spiro atoms. The molecule has 0 amide bonds. The lowest BCUT2D eigenvalue weighted by Gasteiger charge is -2.17. The molecule has 0 aliphatic rings. The number of rotatable bonds is 4. The van der Waals surface area contributed by atoms with Gasteiger partial charge in [-0.3, -0.25) is 0 Å². The Morgan fingerprint density at radius 1 is 1.25 bits per heavy atom. The molecule has 2 aromatic carbocycles. The molecular formula is C16H17BrClNO. The summed E-state index contributed by atoms with van der Waals surface area (Å²) in [7, 11) is 0. The van der Waals surface area contributed by atoms with Crippen LogP contribution in [0.4, 0.5) is 0 Å². The molecule has 2 nitrogen and oxygen atoms in total. The molecule has 0 fully saturated rings. The van der Waals surface area contributed by atoms with E-state index in [0.717, 1.165) is 31.9 Å². The van der Waals surface area contributed by atoms with Gasteiger partial charge >= 0.3 is 0 Å². The van der Waals surface area contributed by atoms with E-state index in [1.54, 1.807) is 0 Å². The Morgan fingerprint density at radius 2 is 2.00 bits per heavy atom. The van der Waals surface area contributed by atoms with E-state index in [9.17, 15) is 0 Å². The third-order valence-corrected chi connectivity index (χ3v) is 4.04. The molecule has 0 aromatic heterocycles. The monoisotopic (exact) mass is 353 g/mol. The SMILES string of the molecule is CCOc1ccc(C(N)c2ccc(Cl)cc2C)cc1Br. The predicted octanol–water partition coefficient (Wildman–Crippen LogP) is 4.86. The van der Waals surface area contributed by atoms with Crippen LogP contribution in [0.2, 0.25) is 5.02 Å². The van der Waals surface area contributed by atoms with Gasteiger partial charge in [-0.05, 0) is 70.7 Å². The molecule has 20 heavy (non-hydrogen) atoms. The van der Waals surface area contributed by atoms with Crippen molar-refractivity contribution in [3.63, 3.8) is 0 Å². The van der Waals surface area contributed by atoms with Crippen LogP contribution < -0.4 is 10.5 Å². The van der Waals surface area contributed by atoms with Crippen LogP contribution in [0.5, 0.6) is 5.75 Å². The minimum atomic E-state index is -0.181. The molecule has 1 unspecified atom stereocenters. The minimum Gasteiger partial charge on any atom is -0.493 e. The van der Waals surface area contributed by atoms with Gasteiger partial charge in [0.05, 0.1) is 17.1 Å². The van der Waals surface area contributed by atoms with E-state index in [4.69, 9.17) is 22.1 Å². The third-order valence-electron chi connectivity index (χ3n) is 3.18. The molecule has 0 aliphatic heterocycles. The third kappa shape index (κ3) is 3.35. The minimum absolute atomic E-state index is 0.181. The van der Waals surface area contributed by atoms with Crippen LogP contribution in [0.3, 0.4) is 0 Å². The topological polar surface area (TPSA) is 35.2 Å². The first-order chi connectivity index (χ1) is 9.52. The van der Waals surface area contributed by atoms with Crippen molar-refractivity contribution in [2.75, 3.05) is 6.61 Å². The Kier molecular flexibility index (Phi) is 5.08. The lowest BCUT2D eigenvalue weighted by atomic mass is 9.96. The van der Waals surface area contributed by atoms with E-state index < -0.39 is 0 Å². The molecule has 0 bridgehead atoms. The van der Waals surface area contributed by atoms with Crippen molar-refractivity contribution in [2.45, 2.75) is 19.9 Å². The van der Waals surface area contributed by atoms with E-state index in [1.807, 2.05) is 50.2 Å². The lowest BCUT2D eigenvalue weighted by molar-refractivity contribution is 0.338. The summed E-state index contributed by atoms with van der Waals surface area (Å²) in [5, 5.41) is 0.728. The highest BCUT2D eigenvalue weighted by molar-refractivity contribution is 9.10. The summed E-state index contributed by atoms with van der Waals surface area (Å²) in [6, 6.07) is 11.5. The Balaban J connectivity index is 2.33. The maximum Gasteiger partial charge on any atom is 0.133 e. The first kappa shape index (κ1) is 15.4. The van der Waals surface area contributed by atoms with Gasteiger partial charge in [-0.2, -0.15) is 0 Å². The van der Waals surface area contributed by atoms with Gasteiger partial charge in [0.1, 0.15) is 5.75 Å². The number of hydrogen-bond acceptors (Lipinski definition) is 2. The van der Waals surface area contributed by atoms with Gasteiger partial charge in [-0.15, -0.1) is 0 Å². The second-order valence-electron chi connectivity index (χ2n) is 4.60. The van der Waals surface area contributed by atoms with Gasteiger partial charge in [0.25, 0.3) is 0 Å². The van der Waals surface area contributed by atoms with Crippen LogP contribution in [0.25, 0.3) is 0 Å². The maximum absolute atomic E-state index is 6.36. The largest absolute Gasteiger partial charge is 0.493 e. The number of hydrogen-bond donors (Lipinski definition) is 1. The summed E-state index contributed by atoms with van der Waals surface area (Å²) in [6.07, 6.45) is 0. The van der Waals surface area contributed by atoms with Gasteiger partial charge in [-0.25, -0.2) is 0 Å². The van der Waals surface area contributed by atoms with Gasteiger partial charge in [0.2, 0.25) is 0 Å². The Labute approximate surface area is 133 Å². The van der Waals surface area contributed by atoms with Gasteiger partial charge in [0, 0.05) is 5.02 Å². The molecule has 106 valence electrons. The van der Waals surface area contributed by atoms with Crippen molar-refractivity contribution < 1.29 is 4.74 Å². The first-order valence-corrected chi connectivity index (χ1v) is 7.64. The van der Waals surface area contributed by atoms with Gasteiger partial charge in [0.15, 0.2) is 0 Å². The molecule has 2 N–H and O–H groups in total. The highest BCUT2D eigenvalue weighted by Gasteiger charge is 2.13. The predicted molar refractivity (Wildman–Crippen MR) is 87.5 cm³/mol. The zero-order chi connectivity index (χ0) is 14.7. The normalized spacial score (nSPS) is 12.2. The Hall–Kier alpha value is -1.03. The van der Waals surface area contributed by atoms with Crippen LogP contribution in [-0.4, -0.2) is 6.61 Å². The quantitative estimate of drug-likeness (QED) is 0.851. The van der Waals surface area contributed by atoms with E-state index in [-0.39, 0.29) is 6.04 Å². The maximum atomic E-state index is 6.36. The van der Waals surface area contributed by atoms with Crippen LogP contribution >= 0.6 is 27.5 Å². The zero-order valence-corrected chi connectivity index (χ0v) is 13.8. The summed E-state index contributed by atoms with van der Waals surface area (Å²) in [4.78, 5) is 0. The van der Waals surface area contributed by atoms with Crippen LogP contribution in [0.1, 0.15) is 29.7 Å². The molecule has 0 heterocycles. The van der Waals surface area contributed by atoms with Crippen molar-refractivity contribution in [1.82, 2.24) is 0 Å². The summed E-state index contributed by atoms with van der Waals surface area (Å²) in [5.41, 5.74) is 9.56. The molecule has 4 heteroatoms. The van der Waals surface area contributed by atoms with Crippen molar-refractivity contribution >= 4 is 27.5 Å². The molecule has 0 saturated carbocycles. The average Bonchev–Trinajstić information content (AvgIpc) is 2.40. The van der Waals surface area contributed by atoms with Crippen LogP contribution in [-0.2, 0) is 0 Å². The standard InChI is InChI=1S/C16H17BrClNO/c1-3-20-15-7-4-11(9-14(15)17)16(19)13-6-5-12(18)8-10(13)2/h4-9,16H,3,19H2,1-2H3. The van der Waals surface area contributed by atoms with Gasteiger partial charge < -0.3 is 10.5 Å². The van der Waals surface area contributed by atoms with E-state index in [2.05, 4.69) is 15.9 Å². The number of halogens is 2. The Morgan fingerprint density at radius 3 is 2.60 bits per heavy atom. The van der Waals surface area contributed by atoms with E-state index in [1.165, 1.54) is 0 Å². The van der Waals surface area contributed by atoms with Crippen LogP contribution in [0, 0.1) is 6.92 Å². The van der Waals surface area contributed by atoms with E-state index in [0.29, 0.717) is 6.61 Å². The summed E-state index contributed by atoms with van der Waals surface area (Å²) >= 11 is 9.50. The fourth-order valence-corrected chi connectivity index (χ4v) is 2.89. The van der Waals surface area contributed by atoms with Crippen molar-refractivity contribution in [3.05, 3.63) is 62.6 Å². The number of benzene rings is 2. The van der Waals surface area contributed by atoms with E-state index >= 15 is 0 Å². The van der Waals surface area contributed by atoms with Gasteiger partial charge in [-0.1, -0.05) is 23.7 Å². The highest BCUT2D eigenvalue weighted by atomic mass is 79.9. The second kappa shape index (κ2) is 6.61. The summed E-state index contributed by atoms with van der Waals surface area (Å²) < 4.78 is 6.43. The van der Waals surface area contributed by atoms with Crippen LogP contribution in [0.15, 0.2) is 40.9 Å². The molecule has 0 radical (unpaired) electrons. The summed E-state index contributed by atoms with van der Waals surface area (Å²) in [6.45, 7) is 4.62. The van der Waals surface area contributed by atoms with Crippen molar-refractivity contribution in [3.8, 4) is 5.75 Å². The van der Waals surface area contributed by atoms with Crippen molar-refractivity contribution in [2.24, 2.45) is 5.73 Å². The Bertz CT molecular complexity index is 615. The molecular weight excluding hydrogens is 338 g/mol. The molecule has 0 aliphatic carbocycles.